The van der Waals surface area contributed by atoms with Crippen LogP contribution < -0.4 is 15.3 Å². The second kappa shape index (κ2) is 13.2. The van der Waals surface area contributed by atoms with Crippen LogP contribution in [0.5, 0.6) is 5.75 Å². The zero-order valence-corrected chi connectivity index (χ0v) is 25.5. The Morgan fingerprint density at radius 2 is 1.71 bits per heavy atom. The minimum absolute atomic E-state index is 0.0284. The molecule has 1 aliphatic rings. The van der Waals surface area contributed by atoms with E-state index in [4.69, 9.17) is 0 Å². The first-order valence-corrected chi connectivity index (χ1v) is 14.8. The number of anilines is 1. The molecule has 48 heavy (non-hydrogen) atoms. The van der Waals surface area contributed by atoms with Gasteiger partial charge in [-0.2, -0.15) is 10.2 Å². The molecule has 0 unspecified atom stereocenters. The average Bonchev–Trinajstić information content (AvgIpc) is 3.70. The summed E-state index contributed by atoms with van der Waals surface area (Å²) in [6.07, 6.45) is 0.886. The second-order valence-electron chi connectivity index (χ2n) is 11.3. The maximum absolute atomic E-state index is 15.0. The number of halogens is 5. The number of rotatable bonds is 10. The summed E-state index contributed by atoms with van der Waals surface area (Å²) >= 11 is 0. The topological polar surface area (TPSA) is 119 Å². The van der Waals surface area contributed by atoms with Crippen molar-refractivity contribution < 1.29 is 31.8 Å². The lowest BCUT2D eigenvalue weighted by atomic mass is 9.85. The molecule has 0 spiro atoms. The van der Waals surface area contributed by atoms with Crippen molar-refractivity contribution in [2.24, 2.45) is 0 Å². The Labute approximate surface area is 270 Å². The molecule has 0 saturated carbocycles. The summed E-state index contributed by atoms with van der Waals surface area (Å²) in [5, 5.41) is 20.1. The molecule has 1 N–H and O–H groups in total. The van der Waals surface area contributed by atoms with Crippen molar-refractivity contribution in [2.75, 3.05) is 31.1 Å². The van der Waals surface area contributed by atoms with Crippen molar-refractivity contribution in [3.63, 3.8) is 0 Å². The maximum atomic E-state index is 15.0. The normalized spacial score (nSPS) is 16.1. The minimum Gasteiger partial charge on any atom is -0.406 e. The smallest absolute Gasteiger partial charge is 0.406 e. The molecule has 0 aliphatic carbocycles. The van der Waals surface area contributed by atoms with Gasteiger partial charge in [0.05, 0.1) is 25.0 Å². The molecule has 1 saturated heterocycles. The summed E-state index contributed by atoms with van der Waals surface area (Å²) in [6, 6.07) is 11.2. The zero-order chi connectivity index (χ0) is 34.1. The second-order valence-corrected chi connectivity index (χ2v) is 11.3. The Morgan fingerprint density at radius 3 is 2.33 bits per heavy atom. The van der Waals surface area contributed by atoms with Crippen LogP contribution in [0.15, 0.2) is 84.6 Å². The molecule has 3 aromatic heterocycles. The molecule has 0 amide bonds. The van der Waals surface area contributed by atoms with Gasteiger partial charge in [0, 0.05) is 43.9 Å². The van der Waals surface area contributed by atoms with E-state index in [1.807, 2.05) is 11.0 Å². The number of nitrogens with zero attached hydrogens (tertiary/aromatic N) is 9. The molecule has 1 fully saturated rings. The van der Waals surface area contributed by atoms with Crippen molar-refractivity contribution in [3.05, 3.63) is 113 Å². The molecule has 17 heteroatoms. The third kappa shape index (κ3) is 7.06. The van der Waals surface area contributed by atoms with Crippen molar-refractivity contribution in [1.29, 1.82) is 0 Å². The summed E-state index contributed by atoms with van der Waals surface area (Å²) in [6.45, 7) is 3.87. The van der Waals surface area contributed by atoms with E-state index in [0.717, 1.165) is 34.6 Å². The van der Waals surface area contributed by atoms with Crippen molar-refractivity contribution in [2.45, 2.75) is 38.0 Å². The van der Waals surface area contributed by atoms with E-state index in [0.29, 0.717) is 37.6 Å². The largest absolute Gasteiger partial charge is 0.573 e. The molecule has 0 bridgehead atoms. The first-order valence-electron chi connectivity index (χ1n) is 14.8. The SMILES string of the molecule is C[C@@H](N1CCN(c2ccc(-n3cnn(Cc4ccc(OC(F)(F)F)cc4)c3=O)nc2)CC1)[C@](O)(Cn1cncn1)c1ccc(F)cc1F. The summed E-state index contributed by atoms with van der Waals surface area (Å²) in [7, 11) is 0. The van der Waals surface area contributed by atoms with E-state index >= 15 is 0 Å². The fraction of sp³-hybridized carbons (Fsp3) is 0.323. The summed E-state index contributed by atoms with van der Waals surface area (Å²) < 4.78 is 73.7. The van der Waals surface area contributed by atoms with Gasteiger partial charge in [0.2, 0.25) is 0 Å². The predicted octanol–water partition coefficient (Wildman–Crippen LogP) is 3.34. The highest BCUT2D eigenvalue weighted by Gasteiger charge is 2.42. The van der Waals surface area contributed by atoms with Gasteiger partial charge in [-0.15, -0.1) is 13.2 Å². The Bertz CT molecular complexity index is 1890. The molecule has 12 nitrogen and oxygen atoms in total. The Kier molecular flexibility index (Phi) is 8.98. The fourth-order valence-electron chi connectivity index (χ4n) is 5.79. The van der Waals surface area contributed by atoms with Crippen LogP contribution in [0.4, 0.5) is 27.6 Å². The van der Waals surface area contributed by atoms with E-state index in [1.54, 1.807) is 19.2 Å². The van der Waals surface area contributed by atoms with Gasteiger partial charge in [-0.3, -0.25) is 4.90 Å². The van der Waals surface area contributed by atoms with Gasteiger partial charge in [-0.1, -0.05) is 18.2 Å². The van der Waals surface area contributed by atoms with Gasteiger partial charge in [0.25, 0.3) is 0 Å². The standard InChI is InChI=1S/C31H30F5N9O3/c1-21(30(47,17-43-19-37-18-39-43)26-8-4-23(32)14-27(26)33)41-10-12-42(13-11-41)24-5-9-28(38-15-24)44-20-40-45(29(44)46)16-22-2-6-25(7-3-22)48-31(34,35)36/h2-9,14-15,18-21,47H,10-13,16-17H2,1H3/t21-,30-/m1/s1. The van der Waals surface area contributed by atoms with E-state index in [1.165, 1.54) is 46.4 Å². The van der Waals surface area contributed by atoms with E-state index in [9.17, 15) is 31.9 Å². The van der Waals surface area contributed by atoms with Crippen molar-refractivity contribution in [1.82, 2.24) is 39.0 Å². The number of ether oxygens (including phenoxy) is 1. The highest BCUT2D eigenvalue weighted by molar-refractivity contribution is 5.47. The van der Waals surface area contributed by atoms with Crippen LogP contribution in [-0.4, -0.2) is 82.7 Å². The molecule has 2 atom stereocenters. The highest BCUT2D eigenvalue weighted by atomic mass is 19.4. The molecular formula is C31H30F5N9O3. The molecule has 0 radical (unpaired) electrons. The summed E-state index contributed by atoms with van der Waals surface area (Å²) in [5.41, 5.74) is -0.923. The Balaban J connectivity index is 1.10. The minimum atomic E-state index is -4.80. The van der Waals surface area contributed by atoms with Crippen molar-refractivity contribution >= 4 is 5.69 Å². The van der Waals surface area contributed by atoms with E-state index < -0.39 is 35.3 Å². The van der Waals surface area contributed by atoms with Gasteiger partial charge in [-0.05, 0) is 42.8 Å². The van der Waals surface area contributed by atoms with Crippen LogP contribution in [0.1, 0.15) is 18.1 Å². The predicted molar refractivity (Wildman–Crippen MR) is 161 cm³/mol. The number of benzene rings is 2. The first kappa shape index (κ1) is 32.8. The lowest BCUT2D eigenvalue weighted by molar-refractivity contribution is -0.274. The van der Waals surface area contributed by atoms with Crippen LogP contribution >= 0.6 is 0 Å². The molecule has 2 aromatic carbocycles. The lowest BCUT2D eigenvalue weighted by Crippen LogP contribution is -2.57. The quantitative estimate of drug-likeness (QED) is 0.223. The number of alkyl halides is 3. The number of aliphatic hydroxyl groups is 1. The van der Waals surface area contributed by atoms with Crippen LogP contribution in [-0.2, 0) is 18.7 Å². The summed E-state index contributed by atoms with van der Waals surface area (Å²) in [5.74, 6) is -1.64. The fourth-order valence-corrected chi connectivity index (χ4v) is 5.79. The molecule has 4 heterocycles. The number of piperazine rings is 1. The lowest BCUT2D eigenvalue weighted by Gasteiger charge is -2.45. The van der Waals surface area contributed by atoms with E-state index in [-0.39, 0.29) is 24.4 Å². The van der Waals surface area contributed by atoms with Crippen LogP contribution in [0.3, 0.4) is 0 Å². The van der Waals surface area contributed by atoms with Crippen LogP contribution in [0.25, 0.3) is 5.82 Å². The van der Waals surface area contributed by atoms with Gasteiger partial charge < -0.3 is 14.7 Å². The van der Waals surface area contributed by atoms with Crippen molar-refractivity contribution in [3.8, 4) is 11.6 Å². The third-order valence-corrected chi connectivity index (χ3v) is 8.39. The van der Waals surface area contributed by atoms with Gasteiger partial charge in [0.15, 0.2) is 0 Å². The molecule has 5 aromatic rings. The first-order chi connectivity index (χ1) is 22.9. The molecule has 1 aliphatic heterocycles. The monoisotopic (exact) mass is 671 g/mol. The van der Waals surface area contributed by atoms with Gasteiger partial charge in [-0.25, -0.2) is 37.5 Å². The maximum Gasteiger partial charge on any atom is 0.573 e. The zero-order valence-electron chi connectivity index (χ0n) is 25.5. The molecule has 252 valence electrons. The van der Waals surface area contributed by atoms with Crippen LogP contribution in [0, 0.1) is 11.6 Å². The third-order valence-electron chi connectivity index (χ3n) is 8.39. The van der Waals surface area contributed by atoms with Gasteiger partial charge >= 0.3 is 12.1 Å². The Hall–Kier alpha value is -5.16. The van der Waals surface area contributed by atoms with Crippen LogP contribution in [0.2, 0.25) is 0 Å². The highest BCUT2D eigenvalue weighted by Crippen LogP contribution is 2.33. The Morgan fingerprint density at radius 1 is 0.958 bits per heavy atom. The summed E-state index contributed by atoms with van der Waals surface area (Å²) in [4.78, 5) is 25.5. The van der Waals surface area contributed by atoms with E-state index in [2.05, 4.69) is 29.8 Å². The number of aromatic nitrogens is 7. The number of hydrogen-bond acceptors (Lipinski definition) is 9. The van der Waals surface area contributed by atoms with Gasteiger partial charge in [0.1, 0.15) is 47.8 Å². The molecular weight excluding hydrogens is 641 g/mol. The molecule has 6 rings (SSSR count). The number of pyridine rings is 1. The average molecular weight is 672 g/mol. The number of hydrogen-bond donors (Lipinski definition) is 1.